The van der Waals surface area contributed by atoms with Crippen LogP contribution in [0.3, 0.4) is 0 Å². The Kier molecular flexibility index (Phi) is 3.92. The predicted octanol–water partition coefficient (Wildman–Crippen LogP) is 4.06. The topological polar surface area (TPSA) is 103 Å². The van der Waals surface area contributed by atoms with Crippen LogP contribution in [0, 0.1) is 17.0 Å². The average molecular weight is 362 g/mol. The van der Waals surface area contributed by atoms with Gasteiger partial charge in [-0.1, -0.05) is 18.2 Å². The van der Waals surface area contributed by atoms with Crippen molar-refractivity contribution >= 4 is 23.1 Å². The number of nitrogens with zero attached hydrogens (tertiary/aromatic N) is 3. The second-order valence-electron chi connectivity index (χ2n) is 5.97. The average Bonchev–Trinajstić information content (AvgIpc) is 3.30. The van der Waals surface area contributed by atoms with Gasteiger partial charge in [0.1, 0.15) is 10.6 Å². The van der Waals surface area contributed by atoms with Crippen molar-refractivity contribution in [2.24, 2.45) is 0 Å². The highest BCUT2D eigenvalue weighted by atomic mass is 16.6. The normalized spacial score (nSPS) is 10.9. The minimum atomic E-state index is -0.688. The van der Waals surface area contributed by atoms with Crippen LogP contribution in [0.5, 0.6) is 0 Å². The molecule has 1 aromatic carbocycles. The minimum absolute atomic E-state index is 0.126. The Morgan fingerprint density at radius 1 is 1.22 bits per heavy atom. The monoisotopic (exact) mass is 362 g/mol. The SMILES string of the molecule is Cc1ccc(-c2cn3ccccc3n2)cc1NC(=O)c1ccc([N+](=O)[O-])o1. The molecule has 0 unspecified atom stereocenters. The first-order valence-electron chi connectivity index (χ1n) is 8.11. The summed E-state index contributed by atoms with van der Waals surface area (Å²) < 4.78 is 6.86. The Hall–Kier alpha value is -3.94. The van der Waals surface area contributed by atoms with Gasteiger partial charge < -0.3 is 14.1 Å². The quantitative estimate of drug-likeness (QED) is 0.435. The zero-order chi connectivity index (χ0) is 19.0. The lowest BCUT2D eigenvalue weighted by Gasteiger charge is -2.08. The molecule has 4 rings (SSSR count). The number of hydrogen-bond donors (Lipinski definition) is 1. The number of pyridine rings is 1. The highest BCUT2D eigenvalue weighted by molar-refractivity contribution is 6.03. The highest BCUT2D eigenvalue weighted by Gasteiger charge is 2.18. The third-order valence-corrected chi connectivity index (χ3v) is 4.14. The van der Waals surface area contributed by atoms with E-state index in [0.717, 1.165) is 28.5 Å². The maximum atomic E-state index is 12.3. The zero-order valence-corrected chi connectivity index (χ0v) is 14.2. The molecule has 8 heteroatoms. The molecular weight excluding hydrogens is 348 g/mol. The van der Waals surface area contributed by atoms with E-state index in [1.54, 1.807) is 0 Å². The zero-order valence-electron chi connectivity index (χ0n) is 14.2. The van der Waals surface area contributed by atoms with Crippen LogP contribution in [0.2, 0.25) is 0 Å². The van der Waals surface area contributed by atoms with Crippen LogP contribution in [0.15, 0.2) is 65.3 Å². The van der Waals surface area contributed by atoms with E-state index in [9.17, 15) is 14.9 Å². The number of rotatable bonds is 4. The molecule has 0 bridgehead atoms. The van der Waals surface area contributed by atoms with Crippen LogP contribution in [-0.2, 0) is 0 Å². The lowest BCUT2D eigenvalue weighted by Crippen LogP contribution is -2.12. The molecule has 27 heavy (non-hydrogen) atoms. The molecule has 4 aromatic rings. The third kappa shape index (κ3) is 3.15. The van der Waals surface area contributed by atoms with E-state index in [0.29, 0.717) is 5.69 Å². The number of carbonyl (C=O) groups is 1. The van der Waals surface area contributed by atoms with E-state index < -0.39 is 16.7 Å². The maximum Gasteiger partial charge on any atom is 0.433 e. The summed E-state index contributed by atoms with van der Waals surface area (Å²) in [6.07, 6.45) is 3.81. The summed E-state index contributed by atoms with van der Waals surface area (Å²) >= 11 is 0. The molecule has 0 radical (unpaired) electrons. The van der Waals surface area contributed by atoms with Crippen LogP contribution in [-0.4, -0.2) is 20.2 Å². The Morgan fingerprint density at radius 3 is 2.81 bits per heavy atom. The molecule has 3 heterocycles. The largest absolute Gasteiger partial charge is 0.433 e. The van der Waals surface area contributed by atoms with Gasteiger partial charge >= 0.3 is 5.88 Å². The van der Waals surface area contributed by atoms with Crippen molar-refractivity contribution in [3.8, 4) is 11.3 Å². The Balaban J connectivity index is 1.63. The number of nitro groups is 1. The van der Waals surface area contributed by atoms with Crippen LogP contribution >= 0.6 is 0 Å². The fraction of sp³-hybridized carbons (Fsp3) is 0.0526. The number of aryl methyl sites for hydroxylation is 1. The van der Waals surface area contributed by atoms with Gasteiger partial charge in [0.15, 0.2) is 5.76 Å². The van der Waals surface area contributed by atoms with Crippen molar-refractivity contribution in [3.63, 3.8) is 0 Å². The summed E-state index contributed by atoms with van der Waals surface area (Å²) in [5.74, 6) is -1.16. The molecule has 1 N–H and O–H groups in total. The number of fused-ring (bicyclic) bond motifs is 1. The third-order valence-electron chi connectivity index (χ3n) is 4.14. The summed E-state index contributed by atoms with van der Waals surface area (Å²) in [5, 5.41) is 13.4. The van der Waals surface area contributed by atoms with Gasteiger partial charge in [0.05, 0.1) is 11.8 Å². The minimum Gasteiger partial charge on any atom is -0.395 e. The number of nitrogens with one attached hydrogen (secondary N) is 1. The van der Waals surface area contributed by atoms with E-state index >= 15 is 0 Å². The molecule has 0 atom stereocenters. The first kappa shape index (κ1) is 16.5. The molecule has 0 aliphatic rings. The van der Waals surface area contributed by atoms with Crippen molar-refractivity contribution in [2.45, 2.75) is 6.92 Å². The first-order valence-corrected chi connectivity index (χ1v) is 8.11. The van der Waals surface area contributed by atoms with E-state index in [1.807, 2.05) is 60.1 Å². The van der Waals surface area contributed by atoms with Gasteiger partial charge in [0.25, 0.3) is 5.91 Å². The second kappa shape index (κ2) is 6.41. The van der Waals surface area contributed by atoms with Gasteiger partial charge in [-0.15, -0.1) is 0 Å². The smallest absolute Gasteiger partial charge is 0.395 e. The molecule has 0 aliphatic carbocycles. The number of benzene rings is 1. The van der Waals surface area contributed by atoms with Crippen molar-refractivity contribution in [2.75, 3.05) is 5.32 Å². The lowest BCUT2D eigenvalue weighted by molar-refractivity contribution is -0.402. The number of amides is 1. The van der Waals surface area contributed by atoms with Crippen molar-refractivity contribution in [1.29, 1.82) is 0 Å². The number of furan rings is 1. The second-order valence-corrected chi connectivity index (χ2v) is 5.97. The summed E-state index contributed by atoms with van der Waals surface area (Å²) in [5.41, 5.74) is 3.85. The van der Waals surface area contributed by atoms with E-state index in [4.69, 9.17) is 4.42 Å². The fourth-order valence-corrected chi connectivity index (χ4v) is 2.72. The molecule has 0 spiro atoms. The van der Waals surface area contributed by atoms with Gasteiger partial charge in [0, 0.05) is 23.6 Å². The lowest BCUT2D eigenvalue weighted by atomic mass is 10.1. The molecule has 0 aliphatic heterocycles. The summed E-state index contributed by atoms with van der Waals surface area (Å²) in [6, 6.07) is 13.8. The Bertz CT molecular complexity index is 1140. The van der Waals surface area contributed by atoms with Gasteiger partial charge in [-0.25, -0.2) is 4.98 Å². The van der Waals surface area contributed by atoms with Gasteiger partial charge in [-0.3, -0.25) is 14.9 Å². The number of imidazole rings is 1. The van der Waals surface area contributed by atoms with E-state index in [2.05, 4.69) is 10.3 Å². The predicted molar refractivity (Wildman–Crippen MR) is 98.7 cm³/mol. The molecule has 3 aromatic heterocycles. The molecule has 134 valence electrons. The van der Waals surface area contributed by atoms with Crippen LogP contribution in [0.25, 0.3) is 16.9 Å². The van der Waals surface area contributed by atoms with Gasteiger partial charge in [-0.2, -0.15) is 0 Å². The maximum absolute atomic E-state index is 12.3. The number of hydrogen-bond acceptors (Lipinski definition) is 5. The van der Waals surface area contributed by atoms with Crippen LogP contribution in [0.1, 0.15) is 16.1 Å². The number of carbonyl (C=O) groups excluding carboxylic acids is 1. The Morgan fingerprint density at radius 2 is 2.07 bits per heavy atom. The molecule has 0 saturated heterocycles. The molecule has 0 fully saturated rings. The molecular formula is C19H14N4O4. The van der Waals surface area contributed by atoms with Crippen molar-refractivity contribution in [1.82, 2.24) is 9.38 Å². The molecule has 1 amide bonds. The molecule has 0 saturated carbocycles. The number of aromatic nitrogens is 2. The highest BCUT2D eigenvalue weighted by Crippen LogP contribution is 2.26. The van der Waals surface area contributed by atoms with Crippen LogP contribution in [0.4, 0.5) is 11.6 Å². The standard InChI is InChI=1S/C19H14N4O4/c1-12-5-6-13(15-11-22-9-3-2-4-17(22)20-15)10-14(12)21-19(24)16-7-8-18(27-16)23(25)26/h2-11H,1H3,(H,21,24). The van der Waals surface area contributed by atoms with Crippen molar-refractivity contribution in [3.05, 3.63) is 82.4 Å². The first-order chi connectivity index (χ1) is 13.0. The summed E-state index contributed by atoms with van der Waals surface area (Å²) in [6.45, 7) is 1.85. The van der Waals surface area contributed by atoms with Gasteiger partial charge in [-0.05, 0) is 36.8 Å². The summed E-state index contributed by atoms with van der Waals surface area (Å²) in [7, 11) is 0. The van der Waals surface area contributed by atoms with E-state index in [-0.39, 0.29) is 5.76 Å². The fourth-order valence-electron chi connectivity index (χ4n) is 2.72. The number of anilines is 1. The summed E-state index contributed by atoms with van der Waals surface area (Å²) in [4.78, 5) is 26.9. The van der Waals surface area contributed by atoms with Crippen molar-refractivity contribution < 1.29 is 14.1 Å². The van der Waals surface area contributed by atoms with E-state index in [1.165, 1.54) is 6.07 Å². The molecule has 8 nitrogen and oxygen atoms in total. The van der Waals surface area contributed by atoms with Gasteiger partial charge in [0.2, 0.25) is 0 Å². The Labute approximate surface area is 153 Å². The van der Waals surface area contributed by atoms with Crippen LogP contribution < -0.4 is 5.32 Å².